The molecule has 1 heterocycles. The number of rotatable bonds is 9. The average Bonchev–Trinajstić information content (AvgIpc) is 2.49. The summed E-state index contributed by atoms with van der Waals surface area (Å²) in [5.74, 6) is 0.748. The Labute approximate surface area is 128 Å². The van der Waals surface area contributed by atoms with Crippen LogP contribution in [0.25, 0.3) is 0 Å². The number of pyridine rings is 1. The number of hydrogen-bond donors (Lipinski definition) is 1. The van der Waals surface area contributed by atoms with Crippen molar-refractivity contribution in [3.8, 4) is 0 Å². The van der Waals surface area contributed by atoms with Crippen molar-refractivity contribution in [1.82, 2.24) is 14.8 Å². The summed E-state index contributed by atoms with van der Waals surface area (Å²) >= 11 is 0. The monoisotopic (exact) mass is 292 g/mol. The molecule has 1 aromatic rings. The minimum atomic E-state index is 0.0583. The Morgan fingerprint density at radius 2 is 2.05 bits per heavy atom. The van der Waals surface area contributed by atoms with Gasteiger partial charge in [-0.25, -0.2) is 4.98 Å². The van der Waals surface area contributed by atoms with Crippen LogP contribution in [0.3, 0.4) is 0 Å². The van der Waals surface area contributed by atoms with Crippen molar-refractivity contribution in [2.24, 2.45) is 0 Å². The Bertz CT molecular complexity index is 434. The van der Waals surface area contributed by atoms with Gasteiger partial charge in [0.25, 0.3) is 5.91 Å². The summed E-state index contributed by atoms with van der Waals surface area (Å²) < 4.78 is 0. The summed E-state index contributed by atoms with van der Waals surface area (Å²) in [6.45, 7) is 7.41. The molecular weight excluding hydrogens is 264 g/mol. The fraction of sp³-hybridized carbons (Fsp3) is 0.625. The van der Waals surface area contributed by atoms with Gasteiger partial charge in [0.1, 0.15) is 5.82 Å². The van der Waals surface area contributed by atoms with Crippen LogP contribution in [0.2, 0.25) is 0 Å². The van der Waals surface area contributed by atoms with Crippen LogP contribution < -0.4 is 5.32 Å². The molecule has 0 radical (unpaired) electrons. The minimum Gasteiger partial charge on any atom is -0.369 e. The Kier molecular flexibility index (Phi) is 7.75. The van der Waals surface area contributed by atoms with Crippen molar-refractivity contribution in [2.75, 3.05) is 45.6 Å². The first-order valence-electron chi connectivity index (χ1n) is 7.73. The van der Waals surface area contributed by atoms with E-state index in [9.17, 15) is 4.79 Å². The van der Waals surface area contributed by atoms with Crippen molar-refractivity contribution < 1.29 is 4.79 Å². The first-order chi connectivity index (χ1) is 10.1. The summed E-state index contributed by atoms with van der Waals surface area (Å²) in [5, 5.41) is 3.23. The summed E-state index contributed by atoms with van der Waals surface area (Å²) in [7, 11) is 4.10. The zero-order valence-electron chi connectivity index (χ0n) is 13.7. The molecule has 0 fully saturated rings. The Balaban J connectivity index is 2.74. The largest absolute Gasteiger partial charge is 0.369 e. The zero-order chi connectivity index (χ0) is 15.7. The molecule has 0 spiro atoms. The molecule has 118 valence electrons. The fourth-order valence-corrected chi connectivity index (χ4v) is 2.11. The summed E-state index contributed by atoms with van der Waals surface area (Å²) in [5.41, 5.74) is 0.664. The number of carbonyl (C=O) groups excluding carboxylic acids is 1. The molecule has 1 aromatic heterocycles. The maximum atomic E-state index is 12.7. The van der Waals surface area contributed by atoms with Crippen LogP contribution in [0.5, 0.6) is 0 Å². The van der Waals surface area contributed by atoms with Gasteiger partial charge in [0.15, 0.2) is 0 Å². The number of nitrogens with zero attached hydrogens (tertiary/aromatic N) is 3. The van der Waals surface area contributed by atoms with E-state index in [4.69, 9.17) is 0 Å². The highest BCUT2D eigenvalue weighted by Gasteiger charge is 2.17. The first-order valence-corrected chi connectivity index (χ1v) is 7.73. The van der Waals surface area contributed by atoms with Crippen LogP contribution in [0, 0.1) is 0 Å². The predicted molar refractivity (Wildman–Crippen MR) is 87.8 cm³/mol. The highest BCUT2D eigenvalue weighted by molar-refractivity contribution is 5.98. The zero-order valence-corrected chi connectivity index (χ0v) is 13.7. The third kappa shape index (κ3) is 5.71. The van der Waals surface area contributed by atoms with E-state index >= 15 is 0 Å². The number of amides is 1. The van der Waals surface area contributed by atoms with Crippen LogP contribution >= 0.6 is 0 Å². The van der Waals surface area contributed by atoms with E-state index in [2.05, 4.69) is 22.1 Å². The van der Waals surface area contributed by atoms with Gasteiger partial charge in [0.05, 0.1) is 5.56 Å². The third-order valence-corrected chi connectivity index (χ3v) is 3.28. The molecule has 0 aromatic carbocycles. The first kappa shape index (κ1) is 17.4. The second-order valence-electron chi connectivity index (χ2n) is 5.37. The Hall–Kier alpha value is -1.62. The Morgan fingerprint density at radius 3 is 2.67 bits per heavy atom. The van der Waals surface area contributed by atoms with Gasteiger partial charge in [-0.2, -0.15) is 0 Å². The van der Waals surface area contributed by atoms with E-state index in [1.54, 1.807) is 6.20 Å². The van der Waals surface area contributed by atoms with Crippen molar-refractivity contribution >= 4 is 11.7 Å². The highest BCUT2D eigenvalue weighted by Crippen LogP contribution is 2.14. The molecule has 1 N–H and O–H groups in total. The van der Waals surface area contributed by atoms with Gasteiger partial charge in [-0.05, 0) is 52.5 Å². The second-order valence-corrected chi connectivity index (χ2v) is 5.37. The lowest BCUT2D eigenvalue weighted by molar-refractivity contribution is 0.0760. The van der Waals surface area contributed by atoms with Crippen molar-refractivity contribution in [2.45, 2.75) is 26.7 Å². The standard InChI is InChI=1S/C16H28N4O/c1-5-10-17-15-14(9-7-11-18-15)16(21)20(6-2)13-8-12-19(3)4/h7,9,11H,5-6,8,10,12-13H2,1-4H3,(H,17,18). The van der Waals surface area contributed by atoms with Gasteiger partial charge >= 0.3 is 0 Å². The SMILES string of the molecule is CCCNc1ncccc1C(=O)N(CC)CCCN(C)C. The molecule has 0 saturated heterocycles. The quantitative estimate of drug-likeness (QED) is 0.759. The number of nitrogens with one attached hydrogen (secondary N) is 1. The average molecular weight is 292 g/mol. The summed E-state index contributed by atoms with van der Waals surface area (Å²) in [6, 6.07) is 3.67. The molecule has 1 rings (SSSR count). The molecule has 21 heavy (non-hydrogen) atoms. The van der Waals surface area contributed by atoms with Crippen LogP contribution in [0.4, 0.5) is 5.82 Å². The lowest BCUT2D eigenvalue weighted by Crippen LogP contribution is -2.33. The normalized spacial score (nSPS) is 10.7. The molecule has 0 aliphatic carbocycles. The van der Waals surface area contributed by atoms with Gasteiger partial charge in [0.2, 0.25) is 0 Å². The number of carbonyl (C=O) groups is 1. The molecule has 0 aliphatic heterocycles. The van der Waals surface area contributed by atoms with E-state index < -0.39 is 0 Å². The van der Waals surface area contributed by atoms with E-state index in [1.807, 2.05) is 38.1 Å². The Morgan fingerprint density at radius 1 is 1.29 bits per heavy atom. The molecule has 0 aliphatic rings. The minimum absolute atomic E-state index is 0.0583. The maximum absolute atomic E-state index is 12.7. The van der Waals surface area contributed by atoms with Gasteiger partial charge in [-0.1, -0.05) is 6.92 Å². The van der Waals surface area contributed by atoms with Gasteiger partial charge < -0.3 is 15.1 Å². The van der Waals surface area contributed by atoms with Gasteiger partial charge in [-0.3, -0.25) is 4.79 Å². The smallest absolute Gasteiger partial charge is 0.257 e. The van der Waals surface area contributed by atoms with Gasteiger partial charge in [-0.15, -0.1) is 0 Å². The van der Waals surface area contributed by atoms with Crippen LogP contribution in [0.15, 0.2) is 18.3 Å². The van der Waals surface area contributed by atoms with Crippen molar-refractivity contribution in [1.29, 1.82) is 0 Å². The number of hydrogen-bond acceptors (Lipinski definition) is 4. The third-order valence-electron chi connectivity index (χ3n) is 3.28. The predicted octanol–water partition coefficient (Wildman–Crippen LogP) is 2.32. The van der Waals surface area contributed by atoms with E-state index in [0.29, 0.717) is 17.9 Å². The molecule has 5 nitrogen and oxygen atoms in total. The topological polar surface area (TPSA) is 48.5 Å². The number of anilines is 1. The van der Waals surface area contributed by atoms with Crippen molar-refractivity contribution in [3.63, 3.8) is 0 Å². The summed E-state index contributed by atoms with van der Waals surface area (Å²) in [4.78, 5) is 21.0. The molecule has 0 bridgehead atoms. The molecule has 5 heteroatoms. The summed E-state index contributed by atoms with van der Waals surface area (Å²) in [6.07, 6.45) is 3.70. The van der Waals surface area contributed by atoms with E-state index in [-0.39, 0.29) is 5.91 Å². The van der Waals surface area contributed by atoms with Crippen LogP contribution in [0.1, 0.15) is 37.0 Å². The van der Waals surface area contributed by atoms with E-state index in [1.165, 1.54) is 0 Å². The molecule has 0 atom stereocenters. The molecule has 1 amide bonds. The van der Waals surface area contributed by atoms with Crippen molar-refractivity contribution in [3.05, 3.63) is 23.9 Å². The van der Waals surface area contributed by atoms with E-state index in [0.717, 1.165) is 32.5 Å². The lowest BCUT2D eigenvalue weighted by Gasteiger charge is -2.23. The molecule has 0 saturated carbocycles. The van der Waals surface area contributed by atoms with Crippen LogP contribution in [-0.2, 0) is 0 Å². The molecule has 0 unspecified atom stereocenters. The lowest BCUT2D eigenvalue weighted by atomic mass is 10.2. The second kappa shape index (κ2) is 9.34. The number of aromatic nitrogens is 1. The molecular formula is C16H28N4O. The maximum Gasteiger partial charge on any atom is 0.257 e. The van der Waals surface area contributed by atoms with Crippen LogP contribution in [-0.4, -0.2) is 61.0 Å². The fourth-order valence-electron chi connectivity index (χ4n) is 2.11. The highest BCUT2D eigenvalue weighted by atomic mass is 16.2. The van der Waals surface area contributed by atoms with Gasteiger partial charge in [0, 0.05) is 25.8 Å².